The fourth-order valence-corrected chi connectivity index (χ4v) is 1.16. The van der Waals surface area contributed by atoms with Crippen molar-refractivity contribution < 1.29 is 14.3 Å². The molecule has 0 rings (SSSR count). The molecule has 1 unspecified atom stereocenters. The predicted molar refractivity (Wildman–Crippen MR) is 56.1 cm³/mol. The highest BCUT2D eigenvalue weighted by molar-refractivity contribution is 5.73. The molecule has 14 heavy (non-hydrogen) atoms. The second-order valence-electron chi connectivity index (χ2n) is 4.52. The third-order valence-corrected chi connectivity index (χ3v) is 2.16. The molecule has 0 radical (unpaired) electrons. The van der Waals surface area contributed by atoms with Gasteiger partial charge in [0.05, 0.1) is 19.6 Å². The number of hydrogen-bond donors (Lipinski definition) is 0. The van der Waals surface area contributed by atoms with Gasteiger partial charge in [-0.2, -0.15) is 0 Å². The Balaban J connectivity index is 4.19. The van der Waals surface area contributed by atoms with Crippen LogP contribution in [0.1, 0.15) is 34.1 Å². The Bertz CT molecular complexity index is 170. The van der Waals surface area contributed by atoms with Crippen LogP contribution in [0.15, 0.2) is 0 Å². The van der Waals surface area contributed by atoms with Crippen molar-refractivity contribution in [3.63, 3.8) is 0 Å². The van der Waals surface area contributed by atoms with E-state index in [1.54, 1.807) is 0 Å². The Labute approximate surface area is 86.8 Å². The lowest BCUT2D eigenvalue weighted by atomic mass is 9.81. The second-order valence-corrected chi connectivity index (χ2v) is 4.52. The molecule has 0 aromatic rings. The summed E-state index contributed by atoms with van der Waals surface area (Å²) in [5.74, 6) is -0.368. The van der Waals surface area contributed by atoms with Crippen molar-refractivity contribution in [2.24, 2.45) is 11.3 Å². The zero-order chi connectivity index (χ0) is 11.2. The first kappa shape index (κ1) is 13.4. The number of esters is 1. The SMILES string of the molecule is CCCOCC(C(=O)OC)C(C)(C)C. The van der Waals surface area contributed by atoms with E-state index < -0.39 is 0 Å². The van der Waals surface area contributed by atoms with Gasteiger partial charge in [-0.25, -0.2) is 0 Å². The van der Waals surface area contributed by atoms with E-state index in [2.05, 4.69) is 0 Å². The van der Waals surface area contributed by atoms with Crippen LogP contribution in [0.4, 0.5) is 0 Å². The Morgan fingerprint density at radius 1 is 1.36 bits per heavy atom. The molecule has 3 heteroatoms. The molecular weight excluding hydrogens is 180 g/mol. The van der Waals surface area contributed by atoms with Crippen molar-refractivity contribution in [3.8, 4) is 0 Å². The van der Waals surface area contributed by atoms with Gasteiger partial charge in [-0.1, -0.05) is 27.7 Å². The van der Waals surface area contributed by atoms with Crippen LogP contribution < -0.4 is 0 Å². The Hall–Kier alpha value is -0.570. The third kappa shape index (κ3) is 4.61. The van der Waals surface area contributed by atoms with Crippen LogP contribution in [-0.2, 0) is 14.3 Å². The van der Waals surface area contributed by atoms with E-state index >= 15 is 0 Å². The Morgan fingerprint density at radius 2 is 1.93 bits per heavy atom. The zero-order valence-electron chi connectivity index (χ0n) is 9.92. The predicted octanol–water partition coefficient (Wildman–Crippen LogP) is 2.25. The van der Waals surface area contributed by atoms with Crippen LogP contribution in [0.5, 0.6) is 0 Å². The van der Waals surface area contributed by atoms with Crippen molar-refractivity contribution in [3.05, 3.63) is 0 Å². The van der Waals surface area contributed by atoms with Gasteiger partial charge in [0.2, 0.25) is 0 Å². The van der Waals surface area contributed by atoms with Crippen LogP contribution in [0.2, 0.25) is 0 Å². The first-order valence-corrected chi connectivity index (χ1v) is 5.09. The Kier molecular flexibility index (Phi) is 5.77. The molecule has 0 saturated carbocycles. The molecule has 0 aromatic carbocycles. The van der Waals surface area contributed by atoms with E-state index in [4.69, 9.17) is 9.47 Å². The topological polar surface area (TPSA) is 35.5 Å². The van der Waals surface area contributed by atoms with Gasteiger partial charge >= 0.3 is 5.97 Å². The van der Waals surface area contributed by atoms with Gasteiger partial charge in [0.1, 0.15) is 0 Å². The highest BCUT2D eigenvalue weighted by Gasteiger charge is 2.32. The molecule has 3 nitrogen and oxygen atoms in total. The van der Waals surface area contributed by atoms with Crippen LogP contribution >= 0.6 is 0 Å². The second kappa shape index (κ2) is 6.02. The molecule has 84 valence electrons. The summed E-state index contributed by atoms with van der Waals surface area (Å²) in [5, 5.41) is 0. The minimum Gasteiger partial charge on any atom is -0.469 e. The molecule has 1 atom stereocenters. The largest absolute Gasteiger partial charge is 0.469 e. The molecule has 0 fully saturated rings. The van der Waals surface area contributed by atoms with Gasteiger partial charge in [0, 0.05) is 6.61 Å². The van der Waals surface area contributed by atoms with Crippen molar-refractivity contribution in [2.75, 3.05) is 20.3 Å². The molecule has 0 bridgehead atoms. The summed E-state index contributed by atoms with van der Waals surface area (Å²) in [7, 11) is 1.42. The van der Waals surface area contributed by atoms with Crippen molar-refractivity contribution >= 4 is 5.97 Å². The lowest BCUT2D eigenvalue weighted by Crippen LogP contribution is -2.33. The van der Waals surface area contributed by atoms with E-state index in [1.807, 2.05) is 27.7 Å². The minimum absolute atomic E-state index is 0.110. The first-order chi connectivity index (χ1) is 6.43. The summed E-state index contributed by atoms with van der Waals surface area (Å²) in [5.41, 5.74) is -0.110. The number of hydrogen-bond acceptors (Lipinski definition) is 3. The van der Waals surface area contributed by atoms with E-state index in [-0.39, 0.29) is 17.3 Å². The van der Waals surface area contributed by atoms with Gasteiger partial charge in [0.25, 0.3) is 0 Å². The quantitative estimate of drug-likeness (QED) is 0.506. The highest BCUT2D eigenvalue weighted by atomic mass is 16.5. The van der Waals surface area contributed by atoms with Crippen molar-refractivity contribution in [2.45, 2.75) is 34.1 Å². The summed E-state index contributed by atoms with van der Waals surface area (Å²) < 4.78 is 10.1. The number of ether oxygens (including phenoxy) is 2. The Morgan fingerprint density at radius 3 is 2.29 bits per heavy atom. The molecule has 0 aromatic heterocycles. The van der Waals surface area contributed by atoms with Crippen LogP contribution in [0, 0.1) is 11.3 Å². The van der Waals surface area contributed by atoms with E-state index in [9.17, 15) is 4.79 Å². The molecule has 0 aliphatic heterocycles. The maximum absolute atomic E-state index is 11.5. The average Bonchev–Trinajstić information content (AvgIpc) is 2.09. The van der Waals surface area contributed by atoms with E-state index in [0.717, 1.165) is 6.42 Å². The number of rotatable bonds is 5. The van der Waals surface area contributed by atoms with Crippen LogP contribution in [0.25, 0.3) is 0 Å². The van der Waals surface area contributed by atoms with Crippen molar-refractivity contribution in [1.82, 2.24) is 0 Å². The van der Waals surface area contributed by atoms with Crippen LogP contribution in [-0.4, -0.2) is 26.3 Å². The number of methoxy groups -OCH3 is 1. The summed E-state index contributed by atoms with van der Waals surface area (Å²) >= 11 is 0. The monoisotopic (exact) mass is 202 g/mol. The van der Waals surface area contributed by atoms with Gasteiger partial charge in [0.15, 0.2) is 0 Å². The minimum atomic E-state index is -0.186. The summed E-state index contributed by atoms with van der Waals surface area (Å²) in [6.45, 7) is 9.25. The molecule has 0 heterocycles. The fraction of sp³-hybridized carbons (Fsp3) is 0.909. The van der Waals surface area contributed by atoms with Crippen molar-refractivity contribution in [1.29, 1.82) is 0 Å². The maximum atomic E-state index is 11.5. The standard InChI is InChI=1S/C11H22O3/c1-6-7-14-8-9(10(12)13-5)11(2,3)4/h9H,6-8H2,1-5H3. The molecule has 0 saturated heterocycles. The third-order valence-electron chi connectivity index (χ3n) is 2.16. The summed E-state index contributed by atoms with van der Waals surface area (Å²) in [6, 6.07) is 0. The zero-order valence-corrected chi connectivity index (χ0v) is 9.92. The molecular formula is C11H22O3. The lowest BCUT2D eigenvalue weighted by molar-refractivity contribution is -0.152. The van der Waals surface area contributed by atoms with Gasteiger partial charge in [-0.15, -0.1) is 0 Å². The lowest BCUT2D eigenvalue weighted by Gasteiger charge is -2.27. The fourth-order valence-electron chi connectivity index (χ4n) is 1.16. The molecule has 0 amide bonds. The van der Waals surface area contributed by atoms with Crippen LogP contribution in [0.3, 0.4) is 0 Å². The smallest absolute Gasteiger partial charge is 0.311 e. The van der Waals surface area contributed by atoms with Gasteiger partial charge < -0.3 is 9.47 Å². The maximum Gasteiger partial charge on any atom is 0.311 e. The number of carbonyl (C=O) groups is 1. The average molecular weight is 202 g/mol. The summed E-state index contributed by atoms with van der Waals surface area (Å²) in [6.07, 6.45) is 0.970. The first-order valence-electron chi connectivity index (χ1n) is 5.09. The highest BCUT2D eigenvalue weighted by Crippen LogP contribution is 2.27. The number of carbonyl (C=O) groups excluding carboxylic acids is 1. The van der Waals surface area contributed by atoms with E-state index in [1.165, 1.54) is 7.11 Å². The molecule has 0 aliphatic rings. The molecule has 0 N–H and O–H groups in total. The van der Waals surface area contributed by atoms with E-state index in [0.29, 0.717) is 13.2 Å². The summed E-state index contributed by atoms with van der Waals surface area (Å²) in [4.78, 5) is 11.5. The van der Waals surface area contributed by atoms with Gasteiger partial charge in [-0.3, -0.25) is 4.79 Å². The molecule has 0 aliphatic carbocycles. The normalized spacial score (nSPS) is 13.8. The molecule has 0 spiro atoms. The van der Waals surface area contributed by atoms with Gasteiger partial charge in [-0.05, 0) is 11.8 Å².